The van der Waals surface area contributed by atoms with Crippen molar-refractivity contribution in [1.82, 2.24) is 0 Å². The molecule has 2 aromatic rings. The zero-order chi connectivity index (χ0) is 19.1. The second-order valence-electron chi connectivity index (χ2n) is 6.96. The zero-order valence-electron chi connectivity index (χ0n) is 15.0. The fourth-order valence-corrected chi connectivity index (χ4v) is 3.76. The Kier molecular flexibility index (Phi) is 4.15. The van der Waals surface area contributed by atoms with E-state index < -0.39 is 23.1 Å². The topological polar surface area (TPSA) is 88.4 Å². The van der Waals surface area contributed by atoms with Crippen LogP contribution in [0.2, 0.25) is 0 Å². The Morgan fingerprint density at radius 2 is 1.85 bits per heavy atom. The molecule has 2 N–H and O–H groups in total. The van der Waals surface area contributed by atoms with Crippen molar-refractivity contribution in [1.29, 1.82) is 0 Å². The molecule has 2 aliphatic rings. The molecule has 1 saturated carbocycles. The van der Waals surface area contributed by atoms with E-state index in [1.54, 1.807) is 31.2 Å². The Morgan fingerprint density at radius 1 is 1.19 bits per heavy atom. The van der Waals surface area contributed by atoms with Gasteiger partial charge in [-0.3, -0.25) is 4.79 Å². The summed E-state index contributed by atoms with van der Waals surface area (Å²) in [6.45, 7) is 1.97. The van der Waals surface area contributed by atoms with E-state index in [1.165, 1.54) is 0 Å². The molecule has 2 unspecified atom stereocenters. The summed E-state index contributed by atoms with van der Waals surface area (Å²) in [6, 6.07) is 15.9. The van der Waals surface area contributed by atoms with Crippen LogP contribution in [0.5, 0.6) is 5.75 Å². The van der Waals surface area contributed by atoms with Gasteiger partial charge in [0.15, 0.2) is 0 Å². The number of hydrogen-bond donors (Lipinski definition) is 2. The molecule has 2 aromatic carbocycles. The first-order valence-corrected chi connectivity index (χ1v) is 9.02. The predicted octanol–water partition coefficient (Wildman–Crippen LogP) is 2.94. The summed E-state index contributed by atoms with van der Waals surface area (Å²) in [5.74, 6) is -2.81. The lowest BCUT2D eigenvalue weighted by atomic mass is 9.76. The van der Waals surface area contributed by atoms with Gasteiger partial charge in [-0.15, -0.1) is 0 Å². The number of esters is 1. The van der Waals surface area contributed by atoms with Crippen molar-refractivity contribution >= 4 is 11.7 Å². The Morgan fingerprint density at radius 3 is 2.44 bits per heavy atom. The van der Waals surface area contributed by atoms with Gasteiger partial charge < -0.3 is 19.8 Å². The molecule has 0 saturated heterocycles. The van der Waals surface area contributed by atoms with Crippen molar-refractivity contribution in [2.45, 2.75) is 31.5 Å². The molecule has 0 aromatic heterocycles. The standard InChI is InChI=1S/C21H21NO5/c1-2-26-19(24)20(12-13-20)21(25)17(14-6-4-3-5-7-14)18(22-27-21)15-8-10-16(23)11-9-15/h3-11,17,23,25H,2,12-13H2,1H3. The lowest BCUT2D eigenvalue weighted by molar-refractivity contribution is -0.243. The number of aromatic hydroxyl groups is 1. The highest BCUT2D eigenvalue weighted by atomic mass is 16.7. The van der Waals surface area contributed by atoms with Gasteiger partial charge in [0.1, 0.15) is 16.9 Å². The summed E-state index contributed by atoms with van der Waals surface area (Å²) in [7, 11) is 0. The number of phenols is 1. The van der Waals surface area contributed by atoms with Crippen LogP contribution in [-0.2, 0) is 14.4 Å². The van der Waals surface area contributed by atoms with E-state index >= 15 is 0 Å². The van der Waals surface area contributed by atoms with Crippen LogP contribution >= 0.6 is 0 Å². The average Bonchev–Trinajstić information content (AvgIpc) is 3.43. The maximum absolute atomic E-state index is 12.6. The number of rotatable bonds is 5. The number of oxime groups is 1. The minimum absolute atomic E-state index is 0.134. The molecule has 1 aliphatic heterocycles. The van der Waals surface area contributed by atoms with Gasteiger partial charge in [-0.25, -0.2) is 0 Å². The van der Waals surface area contributed by atoms with Crippen molar-refractivity contribution in [2.75, 3.05) is 6.61 Å². The van der Waals surface area contributed by atoms with Crippen LogP contribution < -0.4 is 0 Å². The fourth-order valence-electron chi connectivity index (χ4n) is 3.76. The molecule has 1 heterocycles. The van der Waals surface area contributed by atoms with E-state index in [2.05, 4.69) is 5.16 Å². The summed E-state index contributed by atoms with van der Waals surface area (Å²) in [5.41, 5.74) is 0.877. The summed E-state index contributed by atoms with van der Waals surface area (Å²) < 4.78 is 5.22. The highest BCUT2D eigenvalue weighted by Crippen LogP contribution is 2.62. The van der Waals surface area contributed by atoms with Crippen molar-refractivity contribution < 1.29 is 24.6 Å². The maximum Gasteiger partial charge on any atom is 0.318 e. The van der Waals surface area contributed by atoms with Gasteiger partial charge in [0, 0.05) is 5.56 Å². The van der Waals surface area contributed by atoms with Gasteiger partial charge in [-0.05, 0) is 49.6 Å². The van der Waals surface area contributed by atoms with Crippen LogP contribution in [0, 0.1) is 5.41 Å². The van der Waals surface area contributed by atoms with Crippen LogP contribution in [0.3, 0.4) is 0 Å². The number of phenolic OH excluding ortho intramolecular Hbond substituents is 1. The second kappa shape index (κ2) is 6.39. The van der Waals surface area contributed by atoms with Gasteiger partial charge in [0.05, 0.1) is 12.5 Å². The molecule has 4 rings (SSSR count). The third-order valence-electron chi connectivity index (χ3n) is 5.35. The molecule has 0 radical (unpaired) electrons. The normalized spacial score (nSPS) is 25.4. The third-order valence-corrected chi connectivity index (χ3v) is 5.35. The average molecular weight is 367 g/mol. The van der Waals surface area contributed by atoms with Gasteiger partial charge in [-0.1, -0.05) is 35.5 Å². The highest BCUT2D eigenvalue weighted by Gasteiger charge is 2.73. The molecule has 1 fully saturated rings. The van der Waals surface area contributed by atoms with E-state index in [9.17, 15) is 15.0 Å². The molecule has 2 atom stereocenters. The minimum Gasteiger partial charge on any atom is -0.508 e. The zero-order valence-corrected chi connectivity index (χ0v) is 15.0. The molecular formula is C21H21NO5. The van der Waals surface area contributed by atoms with E-state index in [1.807, 2.05) is 30.3 Å². The number of nitrogens with zero attached hydrogens (tertiary/aromatic N) is 1. The van der Waals surface area contributed by atoms with E-state index in [-0.39, 0.29) is 12.4 Å². The molecule has 6 heteroatoms. The Balaban J connectivity index is 1.79. The van der Waals surface area contributed by atoms with Gasteiger partial charge in [-0.2, -0.15) is 0 Å². The molecule has 0 bridgehead atoms. The van der Waals surface area contributed by atoms with Crippen LogP contribution in [0.15, 0.2) is 59.8 Å². The summed E-state index contributed by atoms with van der Waals surface area (Å²) >= 11 is 0. The van der Waals surface area contributed by atoms with Crippen molar-refractivity contribution in [3.05, 3.63) is 65.7 Å². The van der Waals surface area contributed by atoms with Gasteiger partial charge >= 0.3 is 5.97 Å². The van der Waals surface area contributed by atoms with Crippen LogP contribution in [0.25, 0.3) is 0 Å². The number of carbonyl (C=O) groups excluding carboxylic acids is 1. The first kappa shape index (κ1) is 17.5. The SMILES string of the molecule is CCOC(=O)C1(C2(O)ON=C(c3ccc(O)cc3)C2c2ccccc2)CC1. The number of aliphatic hydroxyl groups is 1. The largest absolute Gasteiger partial charge is 0.508 e. The van der Waals surface area contributed by atoms with Crippen molar-refractivity contribution in [3.8, 4) is 5.75 Å². The molecule has 140 valence electrons. The summed E-state index contributed by atoms with van der Waals surface area (Å²) in [4.78, 5) is 18.2. The van der Waals surface area contributed by atoms with Crippen LogP contribution in [0.4, 0.5) is 0 Å². The van der Waals surface area contributed by atoms with Crippen LogP contribution in [0.1, 0.15) is 36.8 Å². The summed E-state index contributed by atoms with van der Waals surface area (Å²) in [5, 5.41) is 25.3. The minimum atomic E-state index is -1.83. The quantitative estimate of drug-likeness (QED) is 0.793. The van der Waals surface area contributed by atoms with Gasteiger partial charge in [0.25, 0.3) is 5.79 Å². The summed E-state index contributed by atoms with van der Waals surface area (Å²) in [6.07, 6.45) is 0.952. The van der Waals surface area contributed by atoms with Crippen molar-refractivity contribution in [3.63, 3.8) is 0 Å². The molecule has 0 amide bonds. The van der Waals surface area contributed by atoms with Crippen LogP contribution in [-0.4, -0.2) is 34.3 Å². The second-order valence-corrected chi connectivity index (χ2v) is 6.96. The number of ether oxygens (including phenoxy) is 1. The Hall–Kier alpha value is -2.86. The molecule has 1 aliphatic carbocycles. The van der Waals surface area contributed by atoms with Gasteiger partial charge in [0.2, 0.25) is 0 Å². The molecule has 0 spiro atoms. The lowest BCUT2D eigenvalue weighted by Crippen LogP contribution is -2.50. The number of carbonyl (C=O) groups is 1. The third kappa shape index (κ3) is 2.68. The van der Waals surface area contributed by atoms with E-state index in [4.69, 9.17) is 9.57 Å². The Bertz CT molecular complexity index is 873. The fraction of sp³-hybridized carbons (Fsp3) is 0.333. The smallest absolute Gasteiger partial charge is 0.318 e. The van der Waals surface area contributed by atoms with E-state index in [0.717, 1.165) is 5.56 Å². The number of hydrogen-bond acceptors (Lipinski definition) is 6. The first-order chi connectivity index (χ1) is 13.0. The predicted molar refractivity (Wildman–Crippen MR) is 98.2 cm³/mol. The molecular weight excluding hydrogens is 346 g/mol. The highest BCUT2D eigenvalue weighted by molar-refractivity contribution is 6.07. The van der Waals surface area contributed by atoms with E-state index in [0.29, 0.717) is 24.1 Å². The monoisotopic (exact) mass is 367 g/mol. The lowest BCUT2D eigenvalue weighted by Gasteiger charge is -2.34. The first-order valence-electron chi connectivity index (χ1n) is 9.02. The maximum atomic E-state index is 12.6. The van der Waals surface area contributed by atoms with Crippen molar-refractivity contribution in [2.24, 2.45) is 10.6 Å². The molecule has 27 heavy (non-hydrogen) atoms. The molecule has 6 nitrogen and oxygen atoms in total. The number of benzene rings is 2. The Labute approximate surface area is 157 Å².